The number of unbranched alkanes of at least 4 members (excludes halogenated alkanes) is 38. The minimum absolute atomic E-state index is 0.103. The summed E-state index contributed by atoms with van der Waals surface area (Å²) in [6.07, 6.45) is 32.2. The average molecular weight is 1190 g/mol. The quantitative estimate of drug-likeness (QED) is 0.0155. The van der Waals surface area contributed by atoms with E-state index in [0.717, 1.165) is 51.4 Å². The summed E-state index contributed by atoms with van der Waals surface area (Å²) in [5.74, 6) is -0.535. The number of aliphatic hydroxyl groups is 6. The van der Waals surface area contributed by atoms with Gasteiger partial charge in [0.25, 0.3) is 0 Å². The molecule has 84 heavy (non-hydrogen) atoms. The van der Waals surface area contributed by atoms with Crippen LogP contribution in [0.5, 0.6) is 5.75 Å². The zero-order valence-electron chi connectivity index (χ0n) is 51.3. The molecule has 20 nitrogen and oxygen atoms in total. The van der Waals surface area contributed by atoms with Crippen molar-refractivity contribution < 1.29 is 78.2 Å². The number of nitro benzene ring substituents is 1. The first-order valence-corrected chi connectivity index (χ1v) is 33.3. The van der Waals surface area contributed by atoms with Crippen LogP contribution in [-0.4, -0.2) is 139 Å². The Hall–Kier alpha value is -3.60. The monoisotopic (exact) mass is 1190 g/mol. The van der Waals surface area contributed by atoms with Crippen molar-refractivity contribution in [3.8, 4) is 5.75 Å². The average Bonchev–Trinajstić information content (AvgIpc) is 4.05. The molecule has 2 aromatic rings. The molecule has 0 saturated carbocycles. The first-order valence-electron chi connectivity index (χ1n) is 33.3. The molecule has 484 valence electrons. The van der Waals surface area contributed by atoms with E-state index in [9.17, 15) is 50.3 Å². The molecule has 0 bridgehead atoms. The lowest BCUT2D eigenvalue weighted by Gasteiger charge is -2.44. The summed E-state index contributed by atoms with van der Waals surface area (Å²) < 4.78 is 38.2. The van der Waals surface area contributed by atoms with Gasteiger partial charge in [0, 0.05) is 18.9 Å². The van der Waals surface area contributed by atoms with E-state index >= 15 is 0 Å². The Morgan fingerprint density at radius 3 is 1.12 bits per heavy atom. The molecule has 0 aliphatic carbocycles. The van der Waals surface area contributed by atoms with Gasteiger partial charge in [-0.05, 0) is 35.6 Å². The second kappa shape index (κ2) is 45.6. The number of ether oxygens (including phenoxy) is 6. The van der Waals surface area contributed by atoms with Gasteiger partial charge in [0.2, 0.25) is 5.52 Å². The summed E-state index contributed by atoms with van der Waals surface area (Å²) >= 11 is 0. The van der Waals surface area contributed by atoms with Gasteiger partial charge in [0.15, 0.2) is 23.8 Å². The largest absolute Gasteiger partial charge is 0.491 e. The molecule has 2 aliphatic heterocycles. The van der Waals surface area contributed by atoms with Crippen molar-refractivity contribution in [2.24, 2.45) is 0 Å². The molecule has 0 spiro atoms. The Morgan fingerprint density at radius 1 is 0.452 bits per heavy atom. The highest BCUT2D eigenvalue weighted by molar-refractivity contribution is 5.88. The molecule has 0 amide bonds. The molecule has 4 rings (SSSR count). The summed E-state index contributed by atoms with van der Waals surface area (Å²) in [6, 6.07) is 2.91. The van der Waals surface area contributed by atoms with E-state index in [-0.39, 0.29) is 29.6 Å². The van der Waals surface area contributed by atoms with Crippen LogP contribution in [0.25, 0.3) is 11.0 Å². The van der Waals surface area contributed by atoms with Gasteiger partial charge in [-0.3, -0.25) is 19.7 Å². The van der Waals surface area contributed by atoms with E-state index < -0.39 is 91.5 Å². The van der Waals surface area contributed by atoms with Gasteiger partial charge >= 0.3 is 17.6 Å². The van der Waals surface area contributed by atoms with Gasteiger partial charge in [-0.2, -0.15) is 0 Å². The van der Waals surface area contributed by atoms with Crippen molar-refractivity contribution in [3.63, 3.8) is 0 Å². The van der Waals surface area contributed by atoms with Crippen LogP contribution >= 0.6 is 0 Å². The summed E-state index contributed by atoms with van der Waals surface area (Å²) in [6.45, 7) is 1.91. The van der Waals surface area contributed by atoms with Crippen molar-refractivity contribution in [1.29, 1.82) is 0 Å². The van der Waals surface area contributed by atoms with E-state index in [0.29, 0.717) is 25.2 Å². The third-order valence-corrected chi connectivity index (χ3v) is 16.7. The Morgan fingerprint density at radius 2 is 0.774 bits per heavy atom. The lowest BCUT2D eigenvalue weighted by Crippen LogP contribution is -2.64. The van der Waals surface area contributed by atoms with Gasteiger partial charge in [0.05, 0.1) is 11.5 Å². The van der Waals surface area contributed by atoms with Gasteiger partial charge in [-0.15, -0.1) is 0 Å². The Bertz CT molecular complexity index is 2000. The maximum Gasteiger partial charge on any atom is 0.305 e. The number of non-ortho nitro benzene ring substituents is 1. The van der Waals surface area contributed by atoms with Gasteiger partial charge < -0.3 is 59.1 Å². The molecule has 2 aliphatic rings. The lowest BCUT2D eigenvalue weighted by molar-refractivity contribution is -0.383. The molecule has 0 radical (unpaired) electrons. The first kappa shape index (κ1) is 72.9. The van der Waals surface area contributed by atoms with Crippen molar-refractivity contribution in [3.05, 3.63) is 22.2 Å². The highest BCUT2D eigenvalue weighted by Gasteiger charge is 2.50. The zero-order chi connectivity index (χ0) is 60.4. The molecule has 10 atom stereocenters. The number of nitrogens with zero attached hydrogens (tertiary/aromatic N) is 3. The summed E-state index contributed by atoms with van der Waals surface area (Å²) in [7, 11) is 0. The standard InChI is InChI=1S/C64H111N3O17/c1-2-3-4-5-6-7-8-9-10-11-15-18-21-24-27-30-33-36-39-42-53(68)79-47-51-57(70)59(72)61(74)63(81-51)83-64-62(75)60(73)58(71)52(82-64)48-80-54(69)43-40-37-34-31-28-25-22-19-16-13-12-14-17-20-23-26-29-32-35-38-41-46-78-50-45-44-49(67(76)77)55-56(50)66-84-65-55/h44-45,51-52,57-64,70-75H,2-43,46-48H2,1H3/t51-,52-,57-,58-,59+,60+,61-,62-,63-,64-/m1/s1. The number of rotatable bonds is 52. The molecular weight excluding hydrogens is 1080 g/mol. The van der Waals surface area contributed by atoms with Crippen LogP contribution in [-0.2, 0) is 33.3 Å². The van der Waals surface area contributed by atoms with Crippen molar-refractivity contribution >= 4 is 28.7 Å². The number of esters is 2. The number of aliphatic hydroxyl groups excluding tert-OH is 6. The fourth-order valence-corrected chi connectivity index (χ4v) is 11.3. The molecule has 1 aromatic heterocycles. The van der Waals surface area contributed by atoms with Crippen LogP contribution in [0.1, 0.15) is 277 Å². The molecule has 1 aromatic carbocycles. The maximum atomic E-state index is 12.6. The highest BCUT2D eigenvalue weighted by Crippen LogP contribution is 2.32. The van der Waals surface area contributed by atoms with E-state index in [1.54, 1.807) is 6.07 Å². The molecular formula is C64H111N3O17. The van der Waals surface area contributed by atoms with Crippen molar-refractivity contribution in [2.75, 3.05) is 19.8 Å². The van der Waals surface area contributed by atoms with Crippen LogP contribution in [0.3, 0.4) is 0 Å². The van der Waals surface area contributed by atoms with Crippen molar-refractivity contribution in [1.82, 2.24) is 10.3 Å². The highest BCUT2D eigenvalue weighted by atomic mass is 16.8. The van der Waals surface area contributed by atoms with Crippen LogP contribution in [0.4, 0.5) is 5.69 Å². The Balaban J connectivity index is 0.917. The minimum atomic E-state index is -1.82. The smallest absolute Gasteiger partial charge is 0.305 e. The number of nitro groups is 1. The van der Waals surface area contributed by atoms with E-state index in [1.165, 1.54) is 199 Å². The number of carbonyl (C=O) groups excluding carboxylic acids is 2. The van der Waals surface area contributed by atoms with Crippen LogP contribution < -0.4 is 4.74 Å². The summed E-state index contributed by atoms with van der Waals surface area (Å²) in [5, 5.41) is 82.5. The Kier molecular flexibility index (Phi) is 39.6. The van der Waals surface area contributed by atoms with Gasteiger partial charge in [-0.1, -0.05) is 244 Å². The maximum absolute atomic E-state index is 12.6. The van der Waals surface area contributed by atoms with Crippen molar-refractivity contribution in [2.45, 2.75) is 338 Å². The molecule has 2 fully saturated rings. The topological polar surface area (TPSA) is 293 Å². The molecule has 0 unspecified atom stereocenters. The summed E-state index contributed by atoms with van der Waals surface area (Å²) in [5.41, 5.74) is 0.231. The van der Waals surface area contributed by atoms with Gasteiger partial charge in [0.1, 0.15) is 62.0 Å². The Labute approximate surface area is 501 Å². The fraction of sp³-hybridized carbons (Fsp3) is 0.875. The molecule has 20 heteroatoms. The van der Waals surface area contributed by atoms with E-state index in [2.05, 4.69) is 21.9 Å². The molecule has 6 N–H and O–H groups in total. The number of aromatic nitrogens is 2. The summed E-state index contributed by atoms with van der Waals surface area (Å²) in [4.78, 5) is 35.8. The number of hydrogen-bond acceptors (Lipinski definition) is 19. The van der Waals surface area contributed by atoms with Crippen LogP contribution in [0, 0.1) is 10.1 Å². The van der Waals surface area contributed by atoms with E-state index in [1.807, 2.05) is 0 Å². The third-order valence-electron chi connectivity index (χ3n) is 16.7. The van der Waals surface area contributed by atoms with Crippen LogP contribution in [0.2, 0.25) is 0 Å². The zero-order valence-corrected chi connectivity index (χ0v) is 51.3. The fourth-order valence-electron chi connectivity index (χ4n) is 11.3. The first-order chi connectivity index (χ1) is 40.9. The van der Waals surface area contributed by atoms with Crippen LogP contribution in [0.15, 0.2) is 16.8 Å². The number of carbonyl (C=O) groups is 2. The minimum Gasteiger partial charge on any atom is -0.491 e. The number of hydrogen-bond donors (Lipinski definition) is 6. The second-order valence-corrected chi connectivity index (χ2v) is 24.0. The SMILES string of the molecule is CCCCCCCCCCCCCCCCCCCCCC(=O)OC[C@H]1O[C@H](O[C@H]2O[C@H](COC(=O)CCCCCCCCCCCCCCCCCCCCCCCOc3ccc([N+](=O)[O-])c4nonc34)[C@@H](O)[C@H](O)[C@H]2O)[C@H](O)[C@@H](O)[C@@H]1O. The van der Waals surface area contributed by atoms with Gasteiger partial charge in [-0.25, -0.2) is 4.63 Å². The normalized spacial score (nSPS) is 22.6. The number of benzene rings is 1. The lowest BCUT2D eigenvalue weighted by atomic mass is 9.98. The van der Waals surface area contributed by atoms with E-state index in [4.69, 9.17) is 28.4 Å². The predicted octanol–water partition coefficient (Wildman–Crippen LogP) is 12.6. The predicted molar refractivity (Wildman–Crippen MR) is 320 cm³/mol. The number of fused-ring (bicyclic) bond motifs is 1. The molecule has 3 heterocycles. The molecule has 2 saturated heterocycles. The third kappa shape index (κ3) is 29.9. The second-order valence-electron chi connectivity index (χ2n) is 24.0.